The van der Waals surface area contributed by atoms with Gasteiger partial charge in [0.25, 0.3) is 5.69 Å². The number of halogens is 3. The number of rotatable bonds is 6. The van der Waals surface area contributed by atoms with Crippen LogP contribution in [0.25, 0.3) is 0 Å². The first-order chi connectivity index (χ1) is 10.1. The third kappa shape index (κ3) is 6.56. The van der Waals surface area contributed by atoms with E-state index in [4.69, 9.17) is 4.74 Å². The van der Waals surface area contributed by atoms with Crippen LogP contribution in [0.3, 0.4) is 0 Å². The van der Waals surface area contributed by atoms with Crippen molar-refractivity contribution in [1.29, 1.82) is 0 Å². The van der Waals surface area contributed by atoms with Crippen molar-refractivity contribution in [2.24, 2.45) is 0 Å². The van der Waals surface area contributed by atoms with Crippen LogP contribution in [0.1, 0.15) is 13.8 Å². The number of hydrogen-bond acceptors (Lipinski definition) is 6. The molecule has 22 heavy (non-hydrogen) atoms. The Kier molecular flexibility index (Phi) is 6.54. The van der Waals surface area contributed by atoms with Crippen molar-refractivity contribution < 1.29 is 27.6 Å². The summed E-state index contributed by atoms with van der Waals surface area (Å²) in [6.45, 7) is 3.32. The standard InChI is InChI=1S/C12H12F3NO4S2/c1-7(2)20-11(17)6-21-10-4-3-8(22-12(13,14)15)5-9(10)16(18)19/h3-5,7H,6H2,1-2H3. The fourth-order valence-corrected chi connectivity index (χ4v) is 2.75. The van der Waals surface area contributed by atoms with Gasteiger partial charge in [0.2, 0.25) is 0 Å². The Balaban J connectivity index is 2.87. The lowest BCUT2D eigenvalue weighted by atomic mass is 10.3. The Morgan fingerprint density at radius 3 is 2.55 bits per heavy atom. The van der Waals surface area contributed by atoms with E-state index in [1.807, 2.05) is 0 Å². The van der Waals surface area contributed by atoms with Crippen LogP contribution in [0, 0.1) is 10.1 Å². The van der Waals surface area contributed by atoms with Gasteiger partial charge in [0.05, 0.1) is 21.7 Å². The highest BCUT2D eigenvalue weighted by atomic mass is 32.2. The van der Waals surface area contributed by atoms with Gasteiger partial charge in [-0.3, -0.25) is 14.9 Å². The minimum atomic E-state index is -4.52. The van der Waals surface area contributed by atoms with Gasteiger partial charge in [-0.05, 0) is 37.7 Å². The molecule has 1 rings (SSSR count). The van der Waals surface area contributed by atoms with Crippen LogP contribution in [0.15, 0.2) is 28.0 Å². The lowest BCUT2D eigenvalue weighted by Crippen LogP contribution is -2.13. The van der Waals surface area contributed by atoms with Crippen molar-refractivity contribution in [2.45, 2.75) is 35.3 Å². The molecule has 0 aliphatic heterocycles. The van der Waals surface area contributed by atoms with Gasteiger partial charge in [0.1, 0.15) is 0 Å². The molecule has 0 aliphatic rings. The van der Waals surface area contributed by atoms with Gasteiger partial charge in [-0.15, -0.1) is 11.8 Å². The molecule has 5 nitrogen and oxygen atoms in total. The zero-order valence-corrected chi connectivity index (χ0v) is 13.2. The van der Waals surface area contributed by atoms with Crippen LogP contribution in [0.2, 0.25) is 0 Å². The van der Waals surface area contributed by atoms with Crippen molar-refractivity contribution in [1.82, 2.24) is 0 Å². The molecular weight excluding hydrogens is 343 g/mol. The molecule has 0 bridgehead atoms. The fourth-order valence-electron chi connectivity index (χ4n) is 1.39. The van der Waals surface area contributed by atoms with E-state index in [0.717, 1.165) is 23.9 Å². The number of nitro groups is 1. The molecule has 1 aromatic rings. The summed E-state index contributed by atoms with van der Waals surface area (Å²) >= 11 is 0.414. The topological polar surface area (TPSA) is 69.4 Å². The van der Waals surface area contributed by atoms with Gasteiger partial charge in [-0.25, -0.2) is 0 Å². The third-order valence-corrected chi connectivity index (χ3v) is 3.83. The summed E-state index contributed by atoms with van der Waals surface area (Å²) in [6.07, 6.45) is -0.311. The van der Waals surface area contributed by atoms with Gasteiger partial charge in [0.15, 0.2) is 0 Å². The number of nitrogens with zero attached hydrogens (tertiary/aromatic N) is 1. The number of hydrogen-bond donors (Lipinski definition) is 0. The molecule has 0 aromatic heterocycles. The molecule has 122 valence electrons. The number of ether oxygens (including phenoxy) is 1. The number of nitro benzene ring substituents is 1. The SMILES string of the molecule is CC(C)OC(=O)CSc1ccc(SC(F)(F)F)cc1[N+](=O)[O-]. The van der Waals surface area contributed by atoms with E-state index >= 15 is 0 Å². The Bertz CT molecular complexity index is 564. The third-order valence-electron chi connectivity index (χ3n) is 2.07. The van der Waals surface area contributed by atoms with Crippen molar-refractivity contribution in [3.8, 4) is 0 Å². The Hall–Kier alpha value is -1.42. The molecule has 0 aliphatic carbocycles. The second-order valence-electron chi connectivity index (χ2n) is 4.26. The maximum Gasteiger partial charge on any atom is 0.446 e. The normalized spacial score (nSPS) is 11.5. The molecule has 0 fully saturated rings. The van der Waals surface area contributed by atoms with E-state index in [1.54, 1.807) is 13.8 Å². The number of carbonyl (C=O) groups is 1. The van der Waals surface area contributed by atoms with E-state index in [-0.39, 0.29) is 21.6 Å². The Morgan fingerprint density at radius 1 is 1.41 bits per heavy atom. The molecule has 0 saturated carbocycles. The van der Waals surface area contributed by atoms with Crippen molar-refractivity contribution in [3.63, 3.8) is 0 Å². The first-order valence-electron chi connectivity index (χ1n) is 5.95. The molecular formula is C12H12F3NO4S2. The van der Waals surface area contributed by atoms with Crippen LogP contribution >= 0.6 is 23.5 Å². The van der Waals surface area contributed by atoms with E-state index in [2.05, 4.69) is 0 Å². The minimum Gasteiger partial charge on any atom is -0.462 e. The van der Waals surface area contributed by atoms with Crippen LogP contribution in [-0.4, -0.2) is 28.3 Å². The lowest BCUT2D eigenvalue weighted by molar-refractivity contribution is -0.387. The highest BCUT2D eigenvalue weighted by Gasteiger charge is 2.30. The molecule has 0 N–H and O–H groups in total. The maximum absolute atomic E-state index is 12.3. The summed E-state index contributed by atoms with van der Waals surface area (Å²) < 4.78 is 41.7. The average Bonchev–Trinajstić information content (AvgIpc) is 2.34. The van der Waals surface area contributed by atoms with Gasteiger partial charge in [-0.2, -0.15) is 13.2 Å². The molecule has 0 saturated heterocycles. The first-order valence-corrected chi connectivity index (χ1v) is 7.75. The van der Waals surface area contributed by atoms with Crippen LogP contribution in [0.4, 0.5) is 18.9 Å². The van der Waals surface area contributed by atoms with Crippen LogP contribution < -0.4 is 0 Å². The quantitative estimate of drug-likeness (QED) is 0.329. The number of thioether (sulfide) groups is 2. The van der Waals surface area contributed by atoms with Gasteiger partial charge < -0.3 is 4.74 Å². The molecule has 0 spiro atoms. The smallest absolute Gasteiger partial charge is 0.446 e. The second-order valence-corrected chi connectivity index (χ2v) is 6.42. The molecule has 10 heteroatoms. The highest BCUT2D eigenvalue weighted by molar-refractivity contribution is 8.00. The summed E-state index contributed by atoms with van der Waals surface area (Å²) in [5, 5.41) is 10.9. The van der Waals surface area contributed by atoms with Crippen molar-refractivity contribution in [3.05, 3.63) is 28.3 Å². The zero-order valence-electron chi connectivity index (χ0n) is 11.5. The molecule has 0 heterocycles. The predicted octanol–water partition coefficient (Wildman–Crippen LogP) is 4.25. The largest absolute Gasteiger partial charge is 0.462 e. The number of esters is 1. The average molecular weight is 355 g/mol. The van der Waals surface area contributed by atoms with Crippen LogP contribution in [-0.2, 0) is 9.53 Å². The molecule has 1 aromatic carbocycles. The first kappa shape index (κ1) is 18.6. The van der Waals surface area contributed by atoms with E-state index < -0.39 is 33.9 Å². The molecule has 0 unspecified atom stereocenters. The molecule has 0 amide bonds. The van der Waals surface area contributed by atoms with E-state index in [9.17, 15) is 28.1 Å². The summed E-state index contributed by atoms with van der Waals surface area (Å²) in [7, 11) is 0. The number of alkyl halides is 3. The van der Waals surface area contributed by atoms with Gasteiger partial charge in [0, 0.05) is 11.0 Å². The highest BCUT2D eigenvalue weighted by Crippen LogP contribution is 2.40. The fraction of sp³-hybridized carbons (Fsp3) is 0.417. The minimum absolute atomic E-state index is 0.109. The summed E-state index contributed by atoms with van der Waals surface area (Å²) in [6, 6.07) is 3.16. The monoisotopic (exact) mass is 355 g/mol. The number of benzene rings is 1. The van der Waals surface area contributed by atoms with Crippen molar-refractivity contribution >= 4 is 35.2 Å². The zero-order chi connectivity index (χ0) is 16.9. The van der Waals surface area contributed by atoms with E-state index in [0.29, 0.717) is 0 Å². The second kappa shape index (κ2) is 7.73. The maximum atomic E-state index is 12.3. The Morgan fingerprint density at radius 2 is 2.05 bits per heavy atom. The molecule has 0 radical (unpaired) electrons. The molecule has 0 atom stereocenters. The van der Waals surface area contributed by atoms with Gasteiger partial charge >= 0.3 is 11.5 Å². The number of carbonyl (C=O) groups excluding carboxylic acids is 1. The summed E-state index contributed by atoms with van der Waals surface area (Å²) in [5.41, 5.74) is -5.00. The predicted molar refractivity (Wildman–Crippen MR) is 77.0 cm³/mol. The van der Waals surface area contributed by atoms with Crippen LogP contribution in [0.5, 0.6) is 0 Å². The lowest BCUT2D eigenvalue weighted by Gasteiger charge is -2.09. The Labute approximate surface area is 132 Å². The summed E-state index contributed by atoms with van der Waals surface area (Å²) in [5.74, 6) is -0.715. The van der Waals surface area contributed by atoms with Crippen molar-refractivity contribution in [2.75, 3.05) is 5.75 Å². The van der Waals surface area contributed by atoms with E-state index in [1.165, 1.54) is 6.07 Å². The van der Waals surface area contributed by atoms with Gasteiger partial charge in [-0.1, -0.05) is 0 Å². The summed E-state index contributed by atoms with van der Waals surface area (Å²) in [4.78, 5) is 21.4.